The molecule has 0 aliphatic carbocycles. The van der Waals surface area contributed by atoms with Crippen LogP contribution in [0.15, 0.2) is 18.2 Å². The predicted molar refractivity (Wildman–Crippen MR) is 60.9 cm³/mol. The van der Waals surface area contributed by atoms with Crippen molar-refractivity contribution in [2.45, 2.75) is 6.92 Å². The van der Waals surface area contributed by atoms with E-state index in [0.717, 1.165) is 22.2 Å². The number of methoxy groups -OCH3 is 2. The molecule has 0 amide bonds. The zero-order chi connectivity index (χ0) is 11.7. The number of aromatic nitrogens is 1. The third-order valence-electron chi connectivity index (χ3n) is 2.65. The van der Waals surface area contributed by atoms with E-state index in [4.69, 9.17) is 9.47 Å². The Morgan fingerprint density at radius 1 is 1.31 bits per heavy atom. The maximum atomic E-state index is 11.5. The number of nitrogens with one attached hydrogen (secondary N) is 1. The van der Waals surface area contributed by atoms with Crippen LogP contribution in [-0.4, -0.2) is 25.2 Å². The number of hydrogen-bond donors (Lipinski definition) is 1. The summed E-state index contributed by atoms with van der Waals surface area (Å²) in [5.41, 5.74) is 2.27. The molecule has 0 aliphatic rings. The number of H-pyrrole nitrogens is 1. The number of aromatic amines is 1. The van der Waals surface area contributed by atoms with Crippen molar-refractivity contribution in [1.29, 1.82) is 0 Å². The highest BCUT2D eigenvalue weighted by molar-refractivity contribution is 5.98. The number of hydrogen-bond acceptors (Lipinski definition) is 3. The second-order valence-corrected chi connectivity index (χ2v) is 3.53. The Morgan fingerprint density at radius 2 is 2.06 bits per heavy atom. The molecule has 1 aromatic heterocycles. The van der Waals surface area contributed by atoms with Crippen molar-refractivity contribution in [3.05, 3.63) is 29.5 Å². The van der Waals surface area contributed by atoms with Crippen LogP contribution < -0.4 is 4.74 Å². The van der Waals surface area contributed by atoms with Gasteiger partial charge in [0.05, 0.1) is 14.2 Å². The van der Waals surface area contributed by atoms with Gasteiger partial charge in [0.1, 0.15) is 11.4 Å². The Bertz CT molecular complexity index is 542. The van der Waals surface area contributed by atoms with Crippen LogP contribution in [0.1, 0.15) is 16.1 Å². The van der Waals surface area contributed by atoms with Crippen LogP contribution >= 0.6 is 0 Å². The topological polar surface area (TPSA) is 51.3 Å². The summed E-state index contributed by atoms with van der Waals surface area (Å²) >= 11 is 0. The van der Waals surface area contributed by atoms with Gasteiger partial charge in [-0.15, -0.1) is 0 Å². The molecular formula is C12H13NO3. The minimum Gasteiger partial charge on any atom is -0.497 e. The van der Waals surface area contributed by atoms with Gasteiger partial charge in [-0.3, -0.25) is 0 Å². The largest absolute Gasteiger partial charge is 0.497 e. The molecule has 0 saturated carbocycles. The summed E-state index contributed by atoms with van der Waals surface area (Å²) < 4.78 is 9.85. The van der Waals surface area contributed by atoms with Crippen LogP contribution in [0, 0.1) is 6.92 Å². The van der Waals surface area contributed by atoms with E-state index >= 15 is 0 Å². The highest BCUT2D eigenvalue weighted by Gasteiger charge is 2.15. The lowest BCUT2D eigenvalue weighted by atomic mass is 10.1. The smallest absolute Gasteiger partial charge is 0.354 e. The van der Waals surface area contributed by atoms with Crippen molar-refractivity contribution in [3.63, 3.8) is 0 Å². The van der Waals surface area contributed by atoms with Crippen molar-refractivity contribution in [3.8, 4) is 5.75 Å². The maximum Gasteiger partial charge on any atom is 0.354 e. The van der Waals surface area contributed by atoms with Crippen LogP contribution in [-0.2, 0) is 4.74 Å². The first kappa shape index (κ1) is 10.5. The molecule has 1 aromatic carbocycles. The van der Waals surface area contributed by atoms with Gasteiger partial charge in [0, 0.05) is 10.9 Å². The Hall–Kier alpha value is -1.97. The van der Waals surface area contributed by atoms with Gasteiger partial charge < -0.3 is 14.5 Å². The average molecular weight is 219 g/mol. The van der Waals surface area contributed by atoms with Gasteiger partial charge >= 0.3 is 5.97 Å². The lowest BCUT2D eigenvalue weighted by molar-refractivity contribution is 0.0594. The fourth-order valence-electron chi connectivity index (χ4n) is 1.74. The van der Waals surface area contributed by atoms with Gasteiger partial charge in [-0.1, -0.05) is 0 Å². The fourth-order valence-corrected chi connectivity index (χ4v) is 1.74. The normalized spacial score (nSPS) is 10.4. The molecule has 0 radical (unpaired) electrons. The first-order valence-electron chi connectivity index (χ1n) is 4.92. The van der Waals surface area contributed by atoms with E-state index in [2.05, 4.69) is 4.98 Å². The van der Waals surface area contributed by atoms with Crippen LogP contribution in [0.25, 0.3) is 10.9 Å². The number of ether oxygens (including phenoxy) is 2. The molecule has 0 atom stereocenters. The zero-order valence-electron chi connectivity index (χ0n) is 9.46. The van der Waals surface area contributed by atoms with Crippen molar-refractivity contribution >= 4 is 16.9 Å². The van der Waals surface area contributed by atoms with E-state index in [9.17, 15) is 4.79 Å². The van der Waals surface area contributed by atoms with Crippen molar-refractivity contribution in [1.82, 2.24) is 4.98 Å². The molecule has 0 spiro atoms. The monoisotopic (exact) mass is 219 g/mol. The standard InChI is InChI=1S/C12H13NO3/c1-7-9-6-8(15-2)4-5-10(9)13-11(7)12(14)16-3/h4-6,13H,1-3H3. The number of benzene rings is 1. The minimum atomic E-state index is -0.354. The first-order valence-corrected chi connectivity index (χ1v) is 4.92. The Labute approximate surface area is 93.2 Å². The summed E-state index contributed by atoms with van der Waals surface area (Å²) in [7, 11) is 2.98. The summed E-state index contributed by atoms with van der Waals surface area (Å²) in [5.74, 6) is 0.415. The average Bonchev–Trinajstić information content (AvgIpc) is 2.65. The quantitative estimate of drug-likeness (QED) is 0.788. The van der Waals surface area contributed by atoms with Crippen molar-refractivity contribution < 1.29 is 14.3 Å². The van der Waals surface area contributed by atoms with Crippen molar-refractivity contribution in [2.24, 2.45) is 0 Å². The van der Waals surface area contributed by atoms with Crippen LogP contribution in [0.3, 0.4) is 0 Å². The fraction of sp³-hybridized carbons (Fsp3) is 0.250. The van der Waals surface area contributed by atoms with Gasteiger partial charge in [-0.2, -0.15) is 0 Å². The van der Waals surface area contributed by atoms with Gasteiger partial charge in [0.2, 0.25) is 0 Å². The number of carbonyl (C=O) groups excluding carboxylic acids is 1. The van der Waals surface area contributed by atoms with E-state index in [-0.39, 0.29) is 5.97 Å². The van der Waals surface area contributed by atoms with Gasteiger partial charge in [0.15, 0.2) is 0 Å². The number of esters is 1. The molecule has 0 unspecified atom stereocenters. The molecule has 2 aromatic rings. The molecule has 0 aliphatic heterocycles. The molecule has 0 saturated heterocycles. The second-order valence-electron chi connectivity index (χ2n) is 3.53. The molecule has 16 heavy (non-hydrogen) atoms. The van der Waals surface area contributed by atoms with Gasteiger partial charge in [-0.25, -0.2) is 4.79 Å². The molecular weight excluding hydrogens is 206 g/mol. The van der Waals surface area contributed by atoms with Gasteiger partial charge in [-0.05, 0) is 30.7 Å². The molecule has 2 rings (SSSR count). The maximum absolute atomic E-state index is 11.5. The summed E-state index contributed by atoms with van der Waals surface area (Å²) in [6.45, 7) is 1.88. The highest BCUT2D eigenvalue weighted by atomic mass is 16.5. The number of rotatable bonds is 2. The van der Waals surface area contributed by atoms with E-state index in [1.165, 1.54) is 7.11 Å². The highest BCUT2D eigenvalue weighted by Crippen LogP contribution is 2.26. The molecule has 4 nitrogen and oxygen atoms in total. The van der Waals surface area contributed by atoms with Crippen LogP contribution in [0.4, 0.5) is 0 Å². The second kappa shape index (κ2) is 3.89. The molecule has 1 heterocycles. The van der Waals surface area contributed by atoms with Crippen LogP contribution in [0.5, 0.6) is 5.75 Å². The summed E-state index contributed by atoms with van der Waals surface area (Å²) in [5, 5.41) is 0.972. The van der Waals surface area contributed by atoms with Crippen LogP contribution in [0.2, 0.25) is 0 Å². The van der Waals surface area contributed by atoms with Gasteiger partial charge in [0.25, 0.3) is 0 Å². The Kier molecular flexibility index (Phi) is 2.56. The molecule has 84 valence electrons. The molecule has 0 fully saturated rings. The summed E-state index contributed by atoms with van der Waals surface area (Å²) in [4.78, 5) is 14.5. The SMILES string of the molecule is COC(=O)c1[nH]c2ccc(OC)cc2c1C. The third-order valence-corrected chi connectivity index (χ3v) is 2.65. The summed E-state index contributed by atoms with van der Waals surface area (Å²) in [6, 6.07) is 5.63. The van der Waals surface area contributed by atoms with E-state index in [1.807, 2.05) is 25.1 Å². The lowest BCUT2D eigenvalue weighted by Crippen LogP contribution is -2.02. The zero-order valence-corrected chi connectivity index (χ0v) is 9.46. The van der Waals surface area contributed by atoms with E-state index < -0.39 is 0 Å². The molecule has 4 heteroatoms. The third kappa shape index (κ3) is 1.52. The molecule has 1 N–H and O–H groups in total. The van der Waals surface area contributed by atoms with E-state index in [0.29, 0.717) is 5.69 Å². The number of carbonyl (C=O) groups is 1. The first-order chi connectivity index (χ1) is 7.67. The lowest BCUT2D eigenvalue weighted by Gasteiger charge is -1.99. The van der Waals surface area contributed by atoms with E-state index in [1.54, 1.807) is 7.11 Å². The molecule has 0 bridgehead atoms. The Morgan fingerprint density at radius 3 is 2.69 bits per heavy atom. The summed E-state index contributed by atoms with van der Waals surface area (Å²) in [6.07, 6.45) is 0. The number of aryl methyl sites for hydroxylation is 1. The Balaban J connectivity index is 2.64. The minimum absolute atomic E-state index is 0.354. The predicted octanol–water partition coefficient (Wildman–Crippen LogP) is 2.27. The van der Waals surface area contributed by atoms with Crippen molar-refractivity contribution in [2.75, 3.05) is 14.2 Å². The number of fused-ring (bicyclic) bond motifs is 1.